The molecule has 0 saturated heterocycles. The van der Waals surface area contributed by atoms with Crippen LogP contribution in [0, 0.1) is 0 Å². The third kappa shape index (κ3) is 5.52. The van der Waals surface area contributed by atoms with Crippen LogP contribution in [0.25, 0.3) is 0 Å². The predicted molar refractivity (Wildman–Crippen MR) is 68.8 cm³/mol. The van der Waals surface area contributed by atoms with Crippen molar-refractivity contribution in [3.63, 3.8) is 0 Å². The number of hydrogen-bond donors (Lipinski definition) is 1. The molecule has 2 nitrogen and oxygen atoms in total. The fourth-order valence-electron chi connectivity index (χ4n) is 1.43. The van der Waals surface area contributed by atoms with Gasteiger partial charge >= 0.3 is 0 Å². The van der Waals surface area contributed by atoms with E-state index in [4.69, 9.17) is 11.6 Å². The summed E-state index contributed by atoms with van der Waals surface area (Å²) in [5, 5.41) is 3.33. The Morgan fingerprint density at radius 3 is 2.87 bits per heavy atom. The number of hydrogen-bond acceptors (Lipinski definition) is 3. The molecule has 0 bridgehead atoms. The molecule has 0 spiro atoms. The van der Waals surface area contributed by atoms with Crippen molar-refractivity contribution in [2.24, 2.45) is 0 Å². The molecule has 0 radical (unpaired) electrons. The Kier molecular flexibility index (Phi) is 6.25. The standard InChI is InChI=1S/C11H19ClN2S/c1-3-13-7-4-8-14(2)9-10-5-6-11(12)15-10/h5-6,13H,3-4,7-9H2,1-2H3. The molecule has 86 valence electrons. The first kappa shape index (κ1) is 13.0. The molecular weight excluding hydrogens is 228 g/mol. The Bertz CT molecular complexity index is 275. The quantitative estimate of drug-likeness (QED) is 0.745. The van der Waals surface area contributed by atoms with Crippen molar-refractivity contribution in [1.29, 1.82) is 0 Å². The van der Waals surface area contributed by atoms with Crippen LogP contribution in [-0.2, 0) is 6.54 Å². The Morgan fingerprint density at radius 2 is 2.27 bits per heavy atom. The summed E-state index contributed by atoms with van der Waals surface area (Å²) in [6, 6.07) is 4.07. The number of nitrogens with zero attached hydrogens (tertiary/aromatic N) is 1. The van der Waals surface area contributed by atoms with Gasteiger partial charge in [0, 0.05) is 11.4 Å². The minimum atomic E-state index is 0.881. The average molecular weight is 247 g/mol. The van der Waals surface area contributed by atoms with Crippen molar-refractivity contribution in [3.8, 4) is 0 Å². The fourth-order valence-corrected chi connectivity index (χ4v) is 2.60. The second kappa shape index (κ2) is 7.23. The van der Waals surface area contributed by atoms with E-state index in [9.17, 15) is 0 Å². The van der Waals surface area contributed by atoms with E-state index >= 15 is 0 Å². The minimum absolute atomic E-state index is 0.881. The summed E-state index contributed by atoms with van der Waals surface area (Å²) in [4.78, 5) is 3.67. The zero-order valence-electron chi connectivity index (χ0n) is 9.42. The van der Waals surface area contributed by atoms with Gasteiger partial charge < -0.3 is 10.2 Å². The molecule has 4 heteroatoms. The van der Waals surface area contributed by atoms with Gasteiger partial charge in [0.1, 0.15) is 0 Å². The van der Waals surface area contributed by atoms with Gasteiger partial charge in [0.05, 0.1) is 4.34 Å². The van der Waals surface area contributed by atoms with Crippen molar-refractivity contribution in [1.82, 2.24) is 10.2 Å². The highest BCUT2D eigenvalue weighted by Crippen LogP contribution is 2.22. The van der Waals surface area contributed by atoms with E-state index < -0.39 is 0 Å². The summed E-state index contributed by atoms with van der Waals surface area (Å²) in [6.07, 6.45) is 1.20. The van der Waals surface area contributed by atoms with Crippen LogP contribution in [0.5, 0.6) is 0 Å². The van der Waals surface area contributed by atoms with E-state index in [0.29, 0.717) is 0 Å². The minimum Gasteiger partial charge on any atom is -0.317 e. The Morgan fingerprint density at radius 1 is 1.47 bits per heavy atom. The van der Waals surface area contributed by atoms with Crippen molar-refractivity contribution in [2.75, 3.05) is 26.7 Å². The molecule has 0 aliphatic rings. The zero-order chi connectivity index (χ0) is 11.1. The zero-order valence-corrected chi connectivity index (χ0v) is 11.0. The SMILES string of the molecule is CCNCCCN(C)Cc1ccc(Cl)s1. The van der Waals surface area contributed by atoms with E-state index in [-0.39, 0.29) is 0 Å². The van der Waals surface area contributed by atoms with Crippen LogP contribution >= 0.6 is 22.9 Å². The molecule has 15 heavy (non-hydrogen) atoms. The molecule has 1 heterocycles. The second-order valence-electron chi connectivity index (χ2n) is 3.65. The smallest absolute Gasteiger partial charge is 0.0931 e. The third-order valence-electron chi connectivity index (χ3n) is 2.20. The number of halogens is 1. The average Bonchev–Trinajstić information content (AvgIpc) is 2.59. The maximum Gasteiger partial charge on any atom is 0.0931 e. The molecule has 0 saturated carbocycles. The highest BCUT2D eigenvalue weighted by atomic mass is 35.5. The largest absolute Gasteiger partial charge is 0.317 e. The number of rotatable bonds is 7. The van der Waals surface area contributed by atoms with E-state index in [1.54, 1.807) is 11.3 Å². The fraction of sp³-hybridized carbons (Fsp3) is 0.636. The van der Waals surface area contributed by atoms with Crippen molar-refractivity contribution >= 4 is 22.9 Å². The van der Waals surface area contributed by atoms with Gasteiger partial charge in [-0.15, -0.1) is 11.3 Å². The monoisotopic (exact) mass is 246 g/mol. The Hall–Kier alpha value is -0.0900. The lowest BCUT2D eigenvalue weighted by Gasteiger charge is -2.15. The highest BCUT2D eigenvalue weighted by molar-refractivity contribution is 7.16. The summed E-state index contributed by atoms with van der Waals surface area (Å²) in [6.45, 7) is 6.43. The lowest BCUT2D eigenvalue weighted by atomic mass is 10.3. The number of thiophene rings is 1. The summed E-state index contributed by atoms with van der Waals surface area (Å²) in [7, 11) is 2.15. The van der Waals surface area contributed by atoms with Gasteiger partial charge in [0.15, 0.2) is 0 Å². The summed E-state index contributed by atoms with van der Waals surface area (Å²) < 4.78 is 0.881. The van der Waals surface area contributed by atoms with Crippen molar-refractivity contribution in [2.45, 2.75) is 19.9 Å². The Labute approximate surface area is 101 Å². The van der Waals surface area contributed by atoms with Crippen LogP contribution in [0.15, 0.2) is 12.1 Å². The van der Waals surface area contributed by atoms with Gasteiger partial charge in [0.25, 0.3) is 0 Å². The lowest BCUT2D eigenvalue weighted by molar-refractivity contribution is 0.323. The second-order valence-corrected chi connectivity index (χ2v) is 5.45. The lowest BCUT2D eigenvalue weighted by Crippen LogP contribution is -2.23. The van der Waals surface area contributed by atoms with Gasteiger partial charge in [-0.25, -0.2) is 0 Å². The van der Waals surface area contributed by atoms with Crippen LogP contribution in [0.2, 0.25) is 4.34 Å². The first-order chi connectivity index (χ1) is 7.22. The van der Waals surface area contributed by atoms with Crippen molar-refractivity contribution in [3.05, 3.63) is 21.3 Å². The third-order valence-corrected chi connectivity index (χ3v) is 3.41. The number of nitrogens with one attached hydrogen (secondary N) is 1. The van der Waals surface area contributed by atoms with E-state index in [1.165, 1.54) is 11.3 Å². The van der Waals surface area contributed by atoms with Crippen LogP contribution in [0.4, 0.5) is 0 Å². The molecule has 0 atom stereocenters. The van der Waals surface area contributed by atoms with Gasteiger partial charge in [-0.1, -0.05) is 18.5 Å². The molecule has 0 fully saturated rings. The molecule has 0 amide bonds. The molecular formula is C11H19ClN2S. The van der Waals surface area contributed by atoms with Crippen LogP contribution in [-0.4, -0.2) is 31.6 Å². The van der Waals surface area contributed by atoms with Gasteiger partial charge in [0.2, 0.25) is 0 Å². The molecule has 0 aliphatic carbocycles. The Balaban J connectivity index is 2.15. The molecule has 0 aromatic carbocycles. The summed E-state index contributed by atoms with van der Waals surface area (Å²) >= 11 is 7.55. The molecule has 0 unspecified atom stereocenters. The molecule has 1 rings (SSSR count). The summed E-state index contributed by atoms with van der Waals surface area (Å²) in [5.74, 6) is 0. The van der Waals surface area contributed by atoms with Gasteiger partial charge in [-0.3, -0.25) is 0 Å². The highest BCUT2D eigenvalue weighted by Gasteiger charge is 2.02. The van der Waals surface area contributed by atoms with Crippen LogP contribution in [0.3, 0.4) is 0 Å². The van der Waals surface area contributed by atoms with Gasteiger partial charge in [-0.2, -0.15) is 0 Å². The van der Waals surface area contributed by atoms with Gasteiger partial charge in [-0.05, 0) is 45.2 Å². The van der Waals surface area contributed by atoms with E-state index in [0.717, 1.165) is 30.5 Å². The first-order valence-corrected chi connectivity index (χ1v) is 6.55. The maximum atomic E-state index is 5.88. The summed E-state index contributed by atoms with van der Waals surface area (Å²) in [5.41, 5.74) is 0. The molecule has 0 aliphatic heterocycles. The van der Waals surface area contributed by atoms with Crippen LogP contribution in [0.1, 0.15) is 18.2 Å². The van der Waals surface area contributed by atoms with Crippen LogP contribution < -0.4 is 5.32 Å². The van der Waals surface area contributed by atoms with E-state index in [1.807, 2.05) is 6.07 Å². The topological polar surface area (TPSA) is 15.3 Å². The normalized spacial score (nSPS) is 11.2. The molecule has 1 aromatic rings. The first-order valence-electron chi connectivity index (χ1n) is 5.36. The van der Waals surface area contributed by atoms with Crippen molar-refractivity contribution < 1.29 is 0 Å². The molecule has 1 N–H and O–H groups in total. The predicted octanol–water partition coefficient (Wildman–Crippen LogP) is 2.83. The maximum absolute atomic E-state index is 5.88. The molecule has 1 aromatic heterocycles. The van der Waals surface area contributed by atoms with E-state index in [2.05, 4.69) is 30.3 Å².